The molecule has 8 nitrogen and oxygen atoms in total. The van der Waals surface area contributed by atoms with Gasteiger partial charge in [-0.3, -0.25) is 14.3 Å². The molecule has 2 heterocycles. The van der Waals surface area contributed by atoms with Gasteiger partial charge in [0.2, 0.25) is 0 Å². The molecule has 2 N–H and O–H groups in total. The molecule has 2 aromatic heterocycles. The molecule has 1 aromatic carbocycles. The van der Waals surface area contributed by atoms with E-state index in [1.54, 1.807) is 11.7 Å². The SMILES string of the molecule is Cc1ccc(-c2ncc(C(=O)N[C@H](CC(C)C)c3ncnn3C)c(=O)[nH]2)cc1. The molecule has 0 aliphatic carbocycles. The standard InChI is InChI=1S/C20H24N6O2/c1-12(2)9-16(18-22-11-23-26(18)4)24-19(27)15-10-21-17(25-20(15)28)14-7-5-13(3)6-8-14/h5-8,10-12,16H,9H2,1-4H3,(H,24,27)(H,21,25,28)/t16-/m1/s1. The lowest BCUT2D eigenvalue weighted by Crippen LogP contribution is -2.35. The molecule has 0 fully saturated rings. The van der Waals surface area contributed by atoms with Gasteiger partial charge in [-0.2, -0.15) is 5.10 Å². The van der Waals surface area contributed by atoms with Crippen LogP contribution in [0.1, 0.15) is 48.1 Å². The average Bonchev–Trinajstić information content (AvgIpc) is 3.07. The van der Waals surface area contributed by atoms with Gasteiger partial charge in [-0.25, -0.2) is 9.97 Å². The van der Waals surface area contributed by atoms with Gasteiger partial charge in [-0.1, -0.05) is 43.7 Å². The first-order chi connectivity index (χ1) is 13.3. The van der Waals surface area contributed by atoms with Gasteiger partial charge in [0.05, 0.1) is 6.04 Å². The highest BCUT2D eigenvalue weighted by Gasteiger charge is 2.23. The van der Waals surface area contributed by atoms with Crippen molar-refractivity contribution in [1.29, 1.82) is 0 Å². The number of amides is 1. The van der Waals surface area contributed by atoms with E-state index >= 15 is 0 Å². The number of hydrogen-bond acceptors (Lipinski definition) is 5. The fraction of sp³-hybridized carbons (Fsp3) is 0.350. The van der Waals surface area contributed by atoms with Crippen molar-refractivity contribution >= 4 is 5.91 Å². The summed E-state index contributed by atoms with van der Waals surface area (Å²) in [6.07, 6.45) is 3.43. The summed E-state index contributed by atoms with van der Waals surface area (Å²) in [5.41, 5.74) is 1.38. The predicted octanol–water partition coefficient (Wildman–Crippen LogP) is 2.39. The number of aryl methyl sites for hydroxylation is 2. The number of nitrogens with zero attached hydrogens (tertiary/aromatic N) is 4. The summed E-state index contributed by atoms with van der Waals surface area (Å²) >= 11 is 0. The van der Waals surface area contributed by atoms with Crippen LogP contribution in [0.4, 0.5) is 0 Å². The van der Waals surface area contributed by atoms with Gasteiger partial charge < -0.3 is 10.3 Å². The van der Waals surface area contributed by atoms with E-state index in [1.165, 1.54) is 12.5 Å². The van der Waals surface area contributed by atoms with E-state index in [4.69, 9.17) is 0 Å². The maximum absolute atomic E-state index is 12.7. The minimum Gasteiger partial charge on any atom is -0.342 e. The van der Waals surface area contributed by atoms with Gasteiger partial charge in [0.15, 0.2) is 0 Å². The normalized spacial score (nSPS) is 12.2. The molecule has 146 valence electrons. The van der Waals surface area contributed by atoms with Gasteiger partial charge in [0.25, 0.3) is 11.5 Å². The van der Waals surface area contributed by atoms with Crippen molar-refractivity contribution in [2.45, 2.75) is 33.2 Å². The third kappa shape index (κ3) is 4.33. The lowest BCUT2D eigenvalue weighted by molar-refractivity contribution is 0.0927. The molecule has 0 unspecified atom stereocenters. The van der Waals surface area contributed by atoms with Gasteiger partial charge >= 0.3 is 0 Å². The summed E-state index contributed by atoms with van der Waals surface area (Å²) in [5.74, 6) is 0.900. The van der Waals surface area contributed by atoms with Crippen LogP contribution in [0.5, 0.6) is 0 Å². The van der Waals surface area contributed by atoms with Gasteiger partial charge in [0, 0.05) is 18.8 Å². The minimum atomic E-state index is -0.488. The van der Waals surface area contributed by atoms with Crippen LogP contribution in [0, 0.1) is 12.8 Å². The molecule has 28 heavy (non-hydrogen) atoms. The summed E-state index contributed by atoms with van der Waals surface area (Å²) in [5, 5.41) is 6.96. The molecule has 0 saturated heterocycles. The van der Waals surface area contributed by atoms with Crippen molar-refractivity contribution in [1.82, 2.24) is 30.0 Å². The first kappa shape index (κ1) is 19.5. The summed E-state index contributed by atoms with van der Waals surface area (Å²) in [6.45, 7) is 6.10. The number of rotatable bonds is 6. The average molecular weight is 380 g/mol. The number of benzene rings is 1. The number of aromatic amines is 1. The second-order valence-corrected chi connectivity index (χ2v) is 7.24. The summed E-state index contributed by atoms with van der Waals surface area (Å²) in [4.78, 5) is 36.4. The second kappa shape index (κ2) is 8.16. The van der Waals surface area contributed by atoms with Crippen molar-refractivity contribution in [2.75, 3.05) is 0 Å². The highest BCUT2D eigenvalue weighted by atomic mass is 16.2. The number of carbonyl (C=O) groups excluding carboxylic acids is 1. The van der Waals surface area contributed by atoms with Crippen LogP contribution in [0.25, 0.3) is 11.4 Å². The molecule has 0 aliphatic rings. The van der Waals surface area contributed by atoms with Crippen molar-refractivity contribution < 1.29 is 4.79 Å². The number of H-pyrrole nitrogens is 1. The van der Waals surface area contributed by atoms with Gasteiger partial charge in [0.1, 0.15) is 23.5 Å². The maximum atomic E-state index is 12.7. The van der Waals surface area contributed by atoms with Crippen molar-refractivity contribution in [2.24, 2.45) is 13.0 Å². The Morgan fingerprint density at radius 1 is 1.21 bits per heavy atom. The Labute approximate surface area is 163 Å². The molecular weight excluding hydrogens is 356 g/mol. The molecule has 0 aliphatic heterocycles. The zero-order valence-electron chi connectivity index (χ0n) is 16.4. The Kier molecular flexibility index (Phi) is 5.67. The third-order valence-electron chi connectivity index (χ3n) is 4.44. The lowest BCUT2D eigenvalue weighted by atomic mass is 10.0. The quantitative estimate of drug-likeness (QED) is 0.683. The zero-order chi connectivity index (χ0) is 20.3. The summed E-state index contributed by atoms with van der Waals surface area (Å²) in [6, 6.07) is 7.28. The van der Waals surface area contributed by atoms with E-state index in [0.717, 1.165) is 11.1 Å². The largest absolute Gasteiger partial charge is 0.342 e. The summed E-state index contributed by atoms with van der Waals surface area (Å²) < 4.78 is 1.62. The Bertz CT molecular complexity index is 1020. The Morgan fingerprint density at radius 3 is 2.50 bits per heavy atom. The maximum Gasteiger partial charge on any atom is 0.264 e. The van der Waals surface area contributed by atoms with E-state index in [2.05, 4.69) is 39.2 Å². The van der Waals surface area contributed by atoms with Crippen LogP contribution in [0.15, 0.2) is 41.6 Å². The fourth-order valence-electron chi connectivity index (χ4n) is 2.97. The Balaban J connectivity index is 1.84. The van der Waals surface area contributed by atoms with Crippen LogP contribution in [0.2, 0.25) is 0 Å². The van der Waals surface area contributed by atoms with Crippen molar-refractivity contribution in [3.05, 3.63) is 64.1 Å². The first-order valence-corrected chi connectivity index (χ1v) is 9.16. The lowest BCUT2D eigenvalue weighted by Gasteiger charge is -2.19. The van der Waals surface area contributed by atoms with Gasteiger partial charge in [-0.05, 0) is 19.3 Å². The number of carbonyl (C=O) groups is 1. The van der Waals surface area contributed by atoms with Crippen LogP contribution in [-0.4, -0.2) is 30.6 Å². The van der Waals surface area contributed by atoms with E-state index in [1.807, 2.05) is 31.2 Å². The topological polar surface area (TPSA) is 106 Å². The number of aromatic nitrogens is 5. The Hall–Kier alpha value is -3.29. The van der Waals surface area contributed by atoms with Crippen molar-refractivity contribution in [3.63, 3.8) is 0 Å². The number of nitrogens with one attached hydrogen (secondary N) is 2. The summed E-state index contributed by atoms with van der Waals surface area (Å²) in [7, 11) is 1.77. The molecule has 0 spiro atoms. The molecule has 0 saturated carbocycles. The highest BCUT2D eigenvalue weighted by Crippen LogP contribution is 2.19. The molecule has 1 atom stereocenters. The molecule has 1 amide bonds. The predicted molar refractivity (Wildman–Crippen MR) is 106 cm³/mol. The van der Waals surface area contributed by atoms with Crippen molar-refractivity contribution in [3.8, 4) is 11.4 Å². The Morgan fingerprint density at radius 2 is 1.93 bits per heavy atom. The molecule has 0 radical (unpaired) electrons. The van der Waals surface area contributed by atoms with Crippen LogP contribution >= 0.6 is 0 Å². The number of hydrogen-bond donors (Lipinski definition) is 2. The van der Waals surface area contributed by atoms with Crippen LogP contribution < -0.4 is 10.9 Å². The molecule has 8 heteroatoms. The first-order valence-electron chi connectivity index (χ1n) is 9.16. The fourth-order valence-corrected chi connectivity index (χ4v) is 2.97. The van der Waals surface area contributed by atoms with Crippen LogP contribution in [0.3, 0.4) is 0 Å². The smallest absolute Gasteiger partial charge is 0.264 e. The van der Waals surface area contributed by atoms with E-state index < -0.39 is 11.5 Å². The highest BCUT2D eigenvalue weighted by molar-refractivity contribution is 5.93. The van der Waals surface area contributed by atoms with E-state index in [-0.39, 0.29) is 11.6 Å². The molecule has 0 bridgehead atoms. The van der Waals surface area contributed by atoms with Gasteiger partial charge in [-0.15, -0.1) is 0 Å². The van der Waals surface area contributed by atoms with E-state index in [9.17, 15) is 9.59 Å². The molecule has 3 rings (SSSR count). The minimum absolute atomic E-state index is 0.0354. The van der Waals surface area contributed by atoms with Crippen LogP contribution in [-0.2, 0) is 7.05 Å². The third-order valence-corrected chi connectivity index (χ3v) is 4.44. The monoisotopic (exact) mass is 380 g/mol. The second-order valence-electron chi connectivity index (χ2n) is 7.24. The zero-order valence-corrected chi connectivity index (χ0v) is 16.4. The molecular formula is C20H24N6O2. The van der Waals surface area contributed by atoms with E-state index in [0.29, 0.717) is 24.0 Å². The molecule has 3 aromatic rings.